The molecule has 0 saturated carbocycles. The number of rotatable bonds is 5. The second-order valence-electron chi connectivity index (χ2n) is 7.07. The molecule has 3 N–H and O–H groups in total. The van der Waals surface area contributed by atoms with E-state index in [0.29, 0.717) is 29.0 Å². The van der Waals surface area contributed by atoms with Gasteiger partial charge in [0, 0.05) is 40.0 Å². The van der Waals surface area contributed by atoms with Crippen LogP contribution in [-0.2, 0) is 16.6 Å². The molecule has 2 heterocycles. The number of aromatic nitrogens is 1. The highest BCUT2D eigenvalue weighted by atomic mass is 79.9. The third-order valence-corrected chi connectivity index (χ3v) is 7.67. The van der Waals surface area contributed by atoms with Crippen LogP contribution in [0.5, 0.6) is 0 Å². The summed E-state index contributed by atoms with van der Waals surface area (Å²) in [6.45, 7) is 1.21. The van der Waals surface area contributed by atoms with E-state index in [0.717, 1.165) is 22.9 Å². The summed E-state index contributed by atoms with van der Waals surface area (Å²) in [6.07, 6.45) is 1.66. The van der Waals surface area contributed by atoms with E-state index in [1.807, 2.05) is 12.1 Å². The molecule has 2 aromatic carbocycles. The maximum atomic E-state index is 13.3. The Morgan fingerprint density at radius 1 is 1.17 bits per heavy atom. The summed E-state index contributed by atoms with van der Waals surface area (Å²) in [5.41, 5.74) is 1.46. The Bertz CT molecular complexity index is 1210. The molecule has 2 amide bonds. The lowest BCUT2D eigenvalue weighted by atomic mass is 10.2. The average molecular weight is 512 g/mol. The van der Waals surface area contributed by atoms with Crippen LogP contribution in [0, 0.1) is 0 Å². The van der Waals surface area contributed by atoms with Gasteiger partial charge in [-0.3, -0.25) is 5.32 Å². The normalized spacial score (nSPS) is 14.9. The van der Waals surface area contributed by atoms with E-state index in [9.17, 15) is 13.2 Å². The minimum Gasteiger partial charge on any atom is -0.340 e. The van der Waals surface area contributed by atoms with Crippen molar-refractivity contribution in [3.05, 3.63) is 57.5 Å². The lowest BCUT2D eigenvalue weighted by Gasteiger charge is -2.16. The van der Waals surface area contributed by atoms with Crippen LogP contribution >= 0.6 is 27.5 Å². The SMILES string of the molecule is O=C(NCc1cccc(Cl)c1)Nc1[nH]c2ccc(Br)cc2c1S(=O)(=O)N1CCCC1. The molecule has 0 aliphatic carbocycles. The quantitative estimate of drug-likeness (QED) is 0.464. The van der Waals surface area contributed by atoms with Gasteiger partial charge in [0.25, 0.3) is 0 Å². The number of benzene rings is 2. The van der Waals surface area contributed by atoms with Crippen LogP contribution in [0.15, 0.2) is 51.8 Å². The molecule has 0 bridgehead atoms. The second kappa shape index (κ2) is 8.58. The molecule has 1 aromatic heterocycles. The van der Waals surface area contributed by atoms with Crippen molar-refractivity contribution in [2.75, 3.05) is 18.4 Å². The Hall–Kier alpha value is -2.07. The van der Waals surface area contributed by atoms with Crippen molar-refractivity contribution in [2.45, 2.75) is 24.3 Å². The first-order valence-electron chi connectivity index (χ1n) is 9.45. The minimum absolute atomic E-state index is 0.0820. The van der Waals surface area contributed by atoms with E-state index in [1.54, 1.807) is 30.3 Å². The Kier molecular flexibility index (Phi) is 6.06. The van der Waals surface area contributed by atoms with Crippen molar-refractivity contribution in [3.8, 4) is 0 Å². The lowest BCUT2D eigenvalue weighted by Crippen LogP contribution is -2.31. The summed E-state index contributed by atoms with van der Waals surface area (Å²) in [4.78, 5) is 15.6. The van der Waals surface area contributed by atoms with Gasteiger partial charge in [-0.15, -0.1) is 0 Å². The van der Waals surface area contributed by atoms with Crippen molar-refractivity contribution < 1.29 is 13.2 Å². The number of aromatic amines is 1. The number of sulfonamides is 1. The van der Waals surface area contributed by atoms with Crippen LogP contribution in [0.3, 0.4) is 0 Å². The molecular weight excluding hydrogens is 492 g/mol. The molecule has 158 valence electrons. The van der Waals surface area contributed by atoms with Crippen LogP contribution in [0.4, 0.5) is 10.6 Å². The highest BCUT2D eigenvalue weighted by Crippen LogP contribution is 2.35. The van der Waals surface area contributed by atoms with Crippen LogP contribution in [0.1, 0.15) is 18.4 Å². The molecule has 4 rings (SSSR count). The number of H-pyrrole nitrogens is 1. The van der Waals surface area contributed by atoms with Crippen molar-refractivity contribution in [3.63, 3.8) is 0 Å². The smallest absolute Gasteiger partial charge is 0.320 e. The van der Waals surface area contributed by atoms with E-state index >= 15 is 0 Å². The first-order chi connectivity index (χ1) is 14.3. The Morgan fingerprint density at radius 2 is 1.93 bits per heavy atom. The highest BCUT2D eigenvalue weighted by molar-refractivity contribution is 9.10. The minimum atomic E-state index is -3.77. The van der Waals surface area contributed by atoms with Gasteiger partial charge in [-0.2, -0.15) is 4.31 Å². The second-order valence-corrected chi connectivity index (χ2v) is 10.3. The van der Waals surface area contributed by atoms with Gasteiger partial charge in [0.15, 0.2) is 0 Å². The van der Waals surface area contributed by atoms with Gasteiger partial charge in [-0.1, -0.05) is 39.7 Å². The van der Waals surface area contributed by atoms with Crippen LogP contribution in [-0.4, -0.2) is 36.8 Å². The third kappa shape index (κ3) is 4.34. The monoisotopic (exact) mass is 510 g/mol. The van der Waals surface area contributed by atoms with Gasteiger partial charge >= 0.3 is 6.03 Å². The van der Waals surface area contributed by atoms with Gasteiger partial charge in [0.05, 0.1) is 0 Å². The average Bonchev–Trinajstić information content (AvgIpc) is 3.35. The standard InChI is InChI=1S/C20H20BrClN4O3S/c21-14-6-7-17-16(11-14)18(30(28,29)26-8-1-2-9-26)19(24-17)25-20(27)23-12-13-4-3-5-15(22)10-13/h3-7,10-11,24H,1-2,8-9,12H2,(H2,23,25,27). The molecule has 1 aliphatic rings. The van der Waals surface area contributed by atoms with Gasteiger partial charge < -0.3 is 10.3 Å². The maximum absolute atomic E-state index is 13.3. The summed E-state index contributed by atoms with van der Waals surface area (Å²) < 4.78 is 28.9. The molecule has 10 heteroatoms. The summed E-state index contributed by atoms with van der Waals surface area (Å²) >= 11 is 9.37. The molecule has 1 fully saturated rings. The number of amides is 2. The molecule has 0 unspecified atom stereocenters. The van der Waals surface area contributed by atoms with Gasteiger partial charge in [0.2, 0.25) is 10.0 Å². The number of carbonyl (C=O) groups excluding carboxylic acids is 1. The van der Waals surface area contributed by atoms with Crippen molar-refractivity contribution in [2.24, 2.45) is 0 Å². The number of urea groups is 1. The summed E-state index contributed by atoms with van der Waals surface area (Å²) in [5, 5.41) is 6.51. The fourth-order valence-electron chi connectivity index (χ4n) is 3.54. The van der Waals surface area contributed by atoms with Gasteiger partial charge in [0.1, 0.15) is 10.7 Å². The highest BCUT2D eigenvalue weighted by Gasteiger charge is 2.33. The summed E-state index contributed by atoms with van der Waals surface area (Å²) in [6, 6.07) is 12.0. The molecule has 0 atom stereocenters. The first kappa shape index (κ1) is 21.2. The molecule has 3 aromatic rings. The molecular formula is C20H20BrClN4O3S. The Balaban J connectivity index is 1.64. The largest absolute Gasteiger partial charge is 0.340 e. The number of fused-ring (bicyclic) bond motifs is 1. The van der Waals surface area contributed by atoms with Crippen molar-refractivity contribution >= 4 is 60.3 Å². The van der Waals surface area contributed by atoms with Gasteiger partial charge in [-0.25, -0.2) is 13.2 Å². The predicted octanol–water partition coefficient (Wildman–Crippen LogP) is 4.69. The van der Waals surface area contributed by atoms with Crippen LogP contribution in [0.2, 0.25) is 5.02 Å². The fourth-order valence-corrected chi connectivity index (χ4v) is 5.92. The number of hydrogen-bond donors (Lipinski definition) is 3. The molecule has 0 radical (unpaired) electrons. The van der Waals surface area contributed by atoms with Gasteiger partial charge in [-0.05, 0) is 48.7 Å². The zero-order valence-corrected chi connectivity index (χ0v) is 19.1. The first-order valence-corrected chi connectivity index (χ1v) is 12.1. The van der Waals surface area contributed by atoms with E-state index in [4.69, 9.17) is 11.6 Å². The topological polar surface area (TPSA) is 94.3 Å². The van der Waals surface area contributed by atoms with Crippen LogP contribution < -0.4 is 10.6 Å². The zero-order valence-electron chi connectivity index (χ0n) is 15.9. The zero-order chi connectivity index (χ0) is 21.3. The molecule has 1 saturated heterocycles. The Morgan fingerprint density at radius 3 is 2.67 bits per heavy atom. The number of halogens is 2. The molecule has 30 heavy (non-hydrogen) atoms. The maximum Gasteiger partial charge on any atom is 0.320 e. The number of nitrogens with zero attached hydrogens (tertiary/aromatic N) is 1. The fraction of sp³-hybridized carbons (Fsp3) is 0.250. The number of carbonyl (C=O) groups is 1. The third-order valence-electron chi connectivity index (χ3n) is 4.96. The van der Waals surface area contributed by atoms with E-state index in [1.165, 1.54) is 4.31 Å². The Labute approximate surface area is 188 Å². The predicted molar refractivity (Wildman–Crippen MR) is 121 cm³/mol. The van der Waals surface area contributed by atoms with Crippen LogP contribution in [0.25, 0.3) is 10.9 Å². The summed E-state index contributed by atoms with van der Waals surface area (Å²) in [5.74, 6) is 0.151. The van der Waals surface area contributed by atoms with E-state index < -0.39 is 16.1 Å². The van der Waals surface area contributed by atoms with Crippen molar-refractivity contribution in [1.82, 2.24) is 14.6 Å². The van der Waals surface area contributed by atoms with Crippen molar-refractivity contribution in [1.29, 1.82) is 0 Å². The number of nitrogens with one attached hydrogen (secondary N) is 3. The molecule has 1 aliphatic heterocycles. The van der Waals surface area contributed by atoms with E-state index in [-0.39, 0.29) is 17.3 Å². The molecule has 0 spiro atoms. The molecule has 7 nitrogen and oxygen atoms in total. The summed E-state index contributed by atoms with van der Waals surface area (Å²) in [7, 11) is -3.77. The number of anilines is 1. The number of hydrogen-bond acceptors (Lipinski definition) is 3. The lowest BCUT2D eigenvalue weighted by molar-refractivity contribution is 0.251. The van der Waals surface area contributed by atoms with E-state index in [2.05, 4.69) is 31.5 Å².